The van der Waals surface area contributed by atoms with Crippen LogP contribution in [0.5, 0.6) is 0 Å². The highest BCUT2D eigenvalue weighted by molar-refractivity contribution is 5.31. The molecule has 0 fully saturated rings. The van der Waals surface area contributed by atoms with E-state index < -0.39 is 0 Å². The third kappa shape index (κ3) is 4.11. The molecule has 0 bridgehead atoms. The summed E-state index contributed by atoms with van der Waals surface area (Å²) >= 11 is 0. The first kappa shape index (κ1) is 11.7. The predicted molar refractivity (Wildman–Crippen MR) is 57.3 cm³/mol. The molecule has 1 aromatic rings. The predicted octanol–water partition coefficient (Wildman–Crippen LogP) is 2.11. The van der Waals surface area contributed by atoms with Gasteiger partial charge in [0.15, 0.2) is 0 Å². The van der Waals surface area contributed by atoms with Gasteiger partial charge >= 0.3 is 0 Å². The molecule has 1 atom stereocenters. The number of benzene rings is 1. The van der Waals surface area contributed by atoms with Crippen LogP contribution in [-0.2, 0) is 16.1 Å². The van der Waals surface area contributed by atoms with Gasteiger partial charge in [-0.25, -0.2) is 0 Å². The van der Waals surface area contributed by atoms with Crippen LogP contribution in [0.15, 0.2) is 24.3 Å². The molecule has 1 rings (SSSR count). The summed E-state index contributed by atoms with van der Waals surface area (Å²) < 4.78 is 10.5. The SMILES string of the molecule is COCC(C)OCc1ccc(C#N)cc1. The zero-order chi connectivity index (χ0) is 11.1. The first-order valence-corrected chi connectivity index (χ1v) is 4.86. The van der Waals surface area contributed by atoms with Crippen molar-refractivity contribution in [3.05, 3.63) is 35.4 Å². The molecule has 1 unspecified atom stereocenters. The fourth-order valence-electron chi connectivity index (χ4n) is 1.20. The zero-order valence-corrected chi connectivity index (χ0v) is 9.06. The molecule has 0 radical (unpaired) electrons. The molecule has 0 aliphatic carbocycles. The molecular formula is C12H15NO2. The molecule has 80 valence electrons. The minimum absolute atomic E-state index is 0.0886. The van der Waals surface area contributed by atoms with E-state index >= 15 is 0 Å². The van der Waals surface area contributed by atoms with E-state index in [1.807, 2.05) is 19.1 Å². The quantitative estimate of drug-likeness (QED) is 0.739. The number of hydrogen-bond acceptors (Lipinski definition) is 3. The molecule has 0 amide bonds. The molecule has 3 heteroatoms. The number of rotatable bonds is 5. The fraction of sp³-hybridized carbons (Fsp3) is 0.417. The first-order chi connectivity index (χ1) is 7.26. The van der Waals surface area contributed by atoms with E-state index in [9.17, 15) is 0 Å². The van der Waals surface area contributed by atoms with Crippen LogP contribution in [-0.4, -0.2) is 19.8 Å². The third-order valence-electron chi connectivity index (χ3n) is 2.02. The highest BCUT2D eigenvalue weighted by atomic mass is 16.5. The maximum Gasteiger partial charge on any atom is 0.0991 e. The van der Waals surface area contributed by atoms with Gasteiger partial charge < -0.3 is 9.47 Å². The van der Waals surface area contributed by atoms with Crippen LogP contribution in [0.3, 0.4) is 0 Å². The van der Waals surface area contributed by atoms with Crippen LogP contribution < -0.4 is 0 Å². The molecule has 0 aromatic heterocycles. The number of methoxy groups -OCH3 is 1. The molecule has 15 heavy (non-hydrogen) atoms. The maximum atomic E-state index is 8.62. The molecule has 0 saturated carbocycles. The lowest BCUT2D eigenvalue weighted by Gasteiger charge is -2.11. The van der Waals surface area contributed by atoms with E-state index in [1.54, 1.807) is 19.2 Å². The Morgan fingerprint density at radius 2 is 2.00 bits per heavy atom. The summed E-state index contributed by atoms with van der Waals surface area (Å²) in [5, 5.41) is 8.62. The average Bonchev–Trinajstić information content (AvgIpc) is 2.27. The molecule has 0 saturated heterocycles. The van der Waals surface area contributed by atoms with Crippen molar-refractivity contribution in [3.63, 3.8) is 0 Å². The lowest BCUT2D eigenvalue weighted by molar-refractivity contribution is -0.000125. The summed E-state index contributed by atoms with van der Waals surface area (Å²) in [6.07, 6.45) is 0.0886. The number of hydrogen-bond donors (Lipinski definition) is 0. The maximum absolute atomic E-state index is 8.62. The van der Waals surface area contributed by atoms with Gasteiger partial charge in [0.05, 0.1) is 31.0 Å². The Bertz CT molecular complexity index is 326. The van der Waals surface area contributed by atoms with E-state index in [4.69, 9.17) is 14.7 Å². The van der Waals surface area contributed by atoms with Crippen LogP contribution >= 0.6 is 0 Å². The third-order valence-corrected chi connectivity index (χ3v) is 2.02. The molecular weight excluding hydrogens is 190 g/mol. The summed E-state index contributed by atoms with van der Waals surface area (Å²) in [5.74, 6) is 0. The summed E-state index contributed by atoms with van der Waals surface area (Å²) in [4.78, 5) is 0. The molecule has 0 spiro atoms. The smallest absolute Gasteiger partial charge is 0.0991 e. The van der Waals surface area contributed by atoms with E-state index in [-0.39, 0.29) is 6.10 Å². The first-order valence-electron chi connectivity index (χ1n) is 4.86. The molecule has 0 N–H and O–H groups in total. The van der Waals surface area contributed by atoms with Crippen LogP contribution in [0, 0.1) is 11.3 Å². The highest BCUT2D eigenvalue weighted by Gasteiger charge is 2.01. The van der Waals surface area contributed by atoms with Gasteiger partial charge in [0.1, 0.15) is 0 Å². The summed E-state index contributed by atoms with van der Waals surface area (Å²) in [6.45, 7) is 3.11. The van der Waals surface area contributed by atoms with Gasteiger partial charge in [-0.15, -0.1) is 0 Å². The van der Waals surface area contributed by atoms with Gasteiger partial charge in [-0.3, -0.25) is 0 Å². The van der Waals surface area contributed by atoms with Crippen molar-refractivity contribution in [1.29, 1.82) is 5.26 Å². The van der Waals surface area contributed by atoms with Gasteiger partial charge in [0, 0.05) is 7.11 Å². The van der Waals surface area contributed by atoms with Crippen molar-refractivity contribution in [1.82, 2.24) is 0 Å². The molecule has 0 aliphatic rings. The van der Waals surface area contributed by atoms with Crippen molar-refractivity contribution >= 4 is 0 Å². The van der Waals surface area contributed by atoms with Crippen molar-refractivity contribution < 1.29 is 9.47 Å². The standard InChI is InChI=1S/C12H15NO2/c1-10(8-14-2)15-9-12-5-3-11(7-13)4-6-12/h3-6,10H,8-9H2,1-2H3. The van der Waals surface area contributed by atoms with Crippen LogP contribution in [0.1, 0.15) is 18.1 Å². The van der Waals surface area contributed by atoms with Crippen LogP contribution in [0.2, 0.25) is 0 Å². The second kappa shape index (κ2) is 6.18. The monoisotopic (exact) mass is 205 g/mol. The Morgan fingerprint density at radius 3 is 2.53 bits per heavy atom. The average molecular weight is 205 g/mol. The van der Waals surface area contributed by atoms with Crippen molar-refractivity contribution in [2.45, 2.75) is 19.6 Å². The van der Waals surface area contributed by atoms with Gasteiger partial charge in [-0.1, -0.05) is 12.1 Å². The van der Waals surface area contributed by atoms with Gasteiger partial charge in [0.2, 0.25) is 0 Å². The topological polar surface area (TPSA) is 42.2 Å². The Labute approximate surface area is 90.2 Å². The van der Waals surface area contributed by atoms with Gasteiger partial charge in [-0.05, 0) is 24.6 Å². The minimum atomic E-state index is 0.0886. The second-order valence-electron chi connectivity index (χ2n) is 3.39. The minimum Gasteiger partial charge on any atom is -0.382 e. The van der Waals surface area contributed by atoms with Crippen molar-refractivity contribution in [3.8, 4) is 6.07 Å². The Balaban J connectivity index is 2.41. The summed E-state index contributed by atoms with van der Waals surface area (Å²) in [7, 11) is 1.65. The zero-order valence-electron chi connectivity index (χ0n) is 9.06. The summed E-state index contributed by atoms with van der Waals surface area (Å²) in [5.41, 5.74) is 1.74. The fourth-order valence-corrected chi connectivity index (χ4v) is 1.20. The number of ether oxygens (including phenoxy) is 2. The van der Waals surface area contributed by atoms with Gasteiger partial charge in [-0.2, -0.15) is 5.26 Å². The normalized spacial score (nSPS) is 12.1. The van der Waals surface area contributed by atoms with Crippen LogP contribution in [0.4, 0.5) is 0 Å². The highest BCUT2D eigenvalue weighted by Crippen LogP contribution is 2.06. The van der Waals surface area contributed by atoms with E-state index in [1.165, 1.54) is 0 Å². The Kier molecular flexibility index (Phi) is 4.82. The Morgan fingerprint density at radius 1 is 1.33 bits per heavy atom. The summed E-state index contributed by atoms with van der Waals surface area (Å²) in [6, 6.07) is 9.46. The largest absolute Gasteiger partial charge is 0.382 e. The molecule has 0 aliphatic heterocycles. The molecule has 0 heterocycles. The number of nitriles is 1. The lowest BCUT2D eigenvalue weighted by atomic mass is 10.1. The van der Waals surface area contributed by atoms with E-state index in [2.05, 4.69) is 6.07 Å². The number of nitrogens with zero attached hydrogens (tertiary/aromatic N) is 1. The second-order valence-corrected chi connectivity index (χ2v) is 3.39. The van der Waals surface area contributed by atoms with Crippen molar-refractivity contribution in [2.75, 3.05) is 13.7 Å². The molecule has 3 nitrogen and oxygen atoms in total. The van der Waals surface area contributed by atoms with E-state index in [0.717, 1.165) is 5.56 Å². The van der Waals surface area contributed by atoms with Gasteiger partial charge in [0.25, 0.3) is 0 Å². The van der Waals surface area contributed by atoms with E-state index in [0.29, 0.717) is 18.8 Å². The molecule has 1 aromatic carbocycles. The Hall–Kier alpha value is -1.37. The lowest BCUT2D eigenvalue weighted by Crippen LogP contribution is -2.14. The van der Waals surface area contributed by atoms with Crippen molar-refractivity contribution in [2.24, 2.45) is 0 Å². The van der Waals surface area contributed by atoms with Crippen LogP contribution in [0.25, 0.3) is 0 Å².